The van der Waals surface area contributed by atoms with Crippen molar-refractivity contribution in [1.82, 2.24) is 0 Å². The van der Waals surface area contributed by atoms with Gasteiger partial charge in [-0.15, -0.1) is 19.7 Å². The second-order valence-corrected chi connectivity index (χ2v) is 7.94. The van der Waals surface area contributed by atoms with Crippen molar-refractivity contribution in [2.24, 2.45) is 22.7 Å². The summed E-state index contributed by atoms with van der Waals surface area (Å²) in [4.78, 5) is 26.0. The molecule has 1 fully saturated rings. The second kappa shape index (κ2) is 6.72. The first-order chi connectivity index (χ1) is 10.9. The highest BCUT2D eigenvalue weighted by Crippen LogP contribution is 2.60. The lowest BCUT2D eigenvalue weighted by atomic mass is 9.47. The molecule has 2 rings (SSSR count). The Morgan fingerprint density at radius 2 is 1.96 bits per heavy atom. The predicted molar refractivity (Wildman–Crippen MR) is 98.2 cm³/mol. The minimum absolute atomic E-state index is 0.0589. The highest BCUT2D eigenvalue weighted by molar-refractivity contribution is 9.11. The molecular weight excluding hydrogens is 352 g/mol. The zero-order chi connectivity index (χ0) is 17.3. The van der Waals surface area contributed by atoms with Gasteiger partial charge < -0.3 is 0 Å². The van der Waals surface area contributed by atoms with E-state index in [4.69, 9.17) is 0 Å². The van der Waals surface area contributed by atoms with E-state index in [1.54, 1.807) is 12.2 Å². The Morgan fingerprint density at radius 3 is 2.52 bits per heavy atom. The van der Waals surface area contributed by atoms with Gasteiger partial charge in [-0.2, -0.15) is 0 Å². The molecular formula is C20H25BrO2. The normalized spacial score (nSPS) is 36.3. The second-order valence-electron chi connectivity index (χ2n) is 7.02. The van der Waals surface area contributed by atoms with Crippen molar-refractivity contribution in [3.05, 3.63) is 48.5 Å². The highest BCUT2D eigenvalue weighted by atomic mass is 79.9. The molecule has 0 saturated heterocycles. The van der Waals surface area contributed by atoms with E-state index in [1.807, 2.05) is 12.2 Å². The molecule has 0 N–H and O–H groups in total. The molecule has 0 aliphatic heterocycles. The average molecular weight is 377 g/mol. The molecule has 2 aliphatic rings. The maximum absolute atomic E-state index is 13.3. The molecule has 0 aromatic carbocycles. The molecule has 23 heavy (non-hydrogen) atoms. The molecule has 1 saturated carbocycles. The number of ketones is 2. The lowest BCUT2D eigenvalue weighted by Gasteiger charge is -2.54. The van der Waals surface area contributed by atoms with Gasteiger partial charge in [0.25, 0.3) is 0 Å². The summed E-state index contributed by atoms with van der Waals surface area (Å²) >= 11 is 3.52. The van der Waals surface area contributed by atoms with Gasteiger partial charge in [-0.3, -0.25) is 9.59 Å². The summed E-state index contributed by atoms with van der Waals surface area (Å²) < 4.78 is 0.729. The standard InChI is InChI=1S/C20H25BrO2/c1-5-8-11-19(4)14(9-6-2)13-20(10-7-3)16(22)12-15(21)17(19)18(20)23/h5-7,12,14,17H,1-3,8-11,13H2,4H3/t14?,17-,19?,20?/m1/s1. The summed E-state index contributed by atoms with van der Waals surface area (Å²) in [5.41, 5.74) is -1.12. The molecule has 4 atom stereocenters. The maximum atomic E-state index is 13.3. The Bertz CT molecular complexity index is 588. The summed E-state index contributed by atoms with van der Waals surface area (Å²) in [7, 11) is 0. The number of hydrogen-bond donors (Lipinski definition) is 0. The topological polar surface area (TPSA) is 34.1 Å². The first-order valence-corrected chi connectivity index (χ1v) is 8.95. The number of fused-ring (bicyclic) bond motifs is 2. The molecule has 2 aliphatic carbocycles. The Balaban J connectivity index is 2.59. The van der Waals surface area contributed by atoms with Gasteiger partial charge in [0.15, 0.2) is 11.6 Å². The first-order valence-electron chi connectivity index (χ1n) is 8.16. The van der Waals surface area contributed by atoms with Crippen LogP contribution >= 0.6 is 15.9 Å². The molecule has 2 bridgehead atoms. The molecule has 124 valence electrons. The molecule has 0 aromatic rings. The van der Waals surface area contributed by atoms with Crippen LogP contribution in [0.4, 0.5) is 0 Å². The van der Waals surface area contributed by atoms with Gasteiger partial charge >= 0.3 is 0 Å². The fraction of sp³-hybridized carbons (Fsp3) is 0.500. The van der Waals surface area contributed by atoms with E-state index in [9.17, 15) is 9.59 Å². The molecule has 0 heterocycles. The van der Waals surface area contributed by atoms with Crippen molar-refractivity contribution in [2.45, 2.75) is 39.0 Å². The largest absolute Gasteiger partial charge is 0.298 e. The van der Waals surface area contributed by atoms with Crippen LogP contribution < -0.4 is 0 Å². The Labute approximate surface area is 147 Å². The quantitative estimate of drug-likeness (QED) is 0.453. The first kappa shape index (κ1) is 18.1. The van der Waals surface area contributed by atoms with Gasteiger partial charge in [-0.1, -0.05) is 41.1 Å². The zero-order valence-electron chi connectivity index (χ0n) is 13.8. The Kier molecular flexibility index (Phi) is 5.30. The van der Waals surface area contributed by atoms with Crippen LogP contribution in [-0.2, 0) is 9.59 Å². The van der Waals surface area contributed by atoms with Crippen LogP contribution in [-0.4, -0.2) is 11.6 Å². The third kappa shape index (κ3) is 2.73. The van der Waals surface area contributed by atoms with Crippen molar-refractivity contribution in [1.29, 1.82) is 0 Å². The van der Waals surface area contributed by atoms with Gasteiger partial charge in [0.1, 0.15) is 0 Å². The number of hydrogen-bond acceptors (Lipinski definition) is 2. The number of carbonyl (C=O) groups is 2. The van der Waals surface area contributed by atoms with E-state index in [-0.39, 0.29) is 28.8 Å². The number of halogens is 1. The van der Waals surface area contributed by atoms with E-state index >= 15 is 0 Å². The fourth-order valence-electron chi connectivity index (χ4n) is 4.42. The van der Waals surface area contributed by atoms with Gasteiger partial charge in [-0.05, 0) is 49.5 Å². The van der Waals surface area contributed by atoms with E-state index in [2.05, 4.69) is 42.6 Å². The Hall–Kier alpha value is -1.22. The summed E-state index contributed by atoms with van der Waals surface area (Å²) in [6.45, 7) is 13.7. The van der Waals surface area contributed by atoms with Crippen LogP contribution in [0.5, 0.6) is 0 Å². The van der Waals surface area contributed by atoms with Crippen LogP contribution in [0.1, 0.15) is 39.0 Å². The van der Waals surface area contributed by atoms with Crippen molar-refractivity contribution in [3.63, 3.8) is 0 Å². The van der Waals surface area contributed by atoms with Gasteiger partial charge in [0.2, 0.25) is 0 Å². The lowest BCUT2D eigenvalue weighted by molar-refractivity contribution is -0.154. The number of rotatable bonds is 7. The predicted octanol–water partition coefficient (Wildman–Crippen LogP) is 5.16. The molecule has 3 heteroatoms. The monoisotopic (exact) mass is 376 g/mol. The van der Waals surface area contributed by atoms with Gasteiger partial charge in [0, 0.05) is 4.48 Å². The van der Waals surface area contributed by atoms with Crippen molar-refractivity contribution in [2.75, 3.05) is 0 Å². The van der Waals surface area contributed by atoms with E-state index in [1.165, 1.54) is 0 Å². The van der Waals surface area contributed by atoms with Gasteiger partial charge in [-0.25, -0.2) is 0 Å². The minimum Gasteiger partial charge on any atom is -0.298 e. The van der Waals surface area contributed by atoms with Crippen molar-refractivity contribution < 1.29 is 9.59 Å². The summed E-state index contributed by atoms with van der Waals surface area (Å²) in [6, 6.07) is 0. The molecule has 0 amide bonds. The SMILES string of the molecule is C=CCCC1(C)C(CC=C)CC2(CC=C)C(=O)C=C(Br)[C@@H]1C2=O. The van der Waals surface area contributed by atoms with E-state index < -0.39 is 5.41 Å². The van der Waals surface area contributed by atoms with Crippen LogP contribution in [0.2, 0.25) is 0 Å². The zero-order valence-corrected chi connectivity index (χ0v) is 15.4. The third-order valence-electron chi connectivity index (χ3n) is 5.77. The summed E-state index contributed by atoms with van der Waals surface area (Å²) in [5.74, 6) is -0.0411. The summed E-state index contributed by atoms with van der Waals surface area (Å²) in [6.07, 6.45) is 10.7. The summed E-state index contributed by atoms with van der Waals surface area (Å²) in [5, 5.41) is 0. The van der Waals surface area contributed by atoms with Crippen LogP contribution in [0, 0.1) is 22.7 Å². The molecule has 0 radical (unpaired) electrons. The highest BCUT2D eigenvalue weighted by Gasteiger charge is 2.62. The molecule has 0 aromatic heterocycles. The van der Waals surface area contributed by atoms with E-state index in [0.717, 1.165) is 23.7 Å². The lowest BCUT2D eigenvalue weighted by Crippen LogP contribution is -2.58. The van der Waals surface area contributed by atoms with E-state index in [0.29, 0.717) is 12.8 Å². The van der Waals surface area contributed by atoms with Crippen LogP contribution in [0.3, 0.4) is 0 Å². The van der Waals surface area contributed by atoms with Gasteiger partial charge in [0.05, 0.1) is 11.3 Å². The van der Waals surface area contributed by atoms with Crippen LogP contribution in [0.25, 0.3) is 0 Å². The fourth-order valence-corrected chi connectivity index (χ4v) is 5.36. The maximum Gasteiger partial charge on any atom is 0.170 e. The number of carbonyl (C=O) groups excluding carboxylic acids is 2. The number of allylic oxidation sites excluding steroid dienone is 5. The molecule has 3 unspecified atom stereocenters. The van der Waals surface area contributed by atoms with Crippen LogP contribution in [0.15, 0.2) is 48.5 Å². The Morgan fingerprint density at radius 1 is 1.26 bits per heavy atom. The minimum atomic E-state index is -0.926. The molecule has 0 spiro atoms. The smallest absolute Gasteiger partial charge is 0.170 e. The van der Waals surface area contributed by atoms with Crippen molar-refractivity contribution in [3.8, 4) is 0 Å². The average Bonchev–Trinajstić information content (AvgIpc) is 2.49. The third-order valence-corrected chi connectivity index (χ3v) is 6.46. The molecule has 2 nitrogen and oxygen atoms in total. The van der Waals surface area contributed by atoms with Crippen molar-refractivity contribution >= 4 is 27.5 Å². The number of Topliss-reactive ketones (excluding diaryl/α,β-unsaturated/α-hetero) is 1.